The third-order valence-electron chi connectivity index (χ3n) is 3.13. The van der Waals surface area contributed by atoms with Gasteiger partial charge < -0.3 is 9.64 Å². The summed E-state index contributed by atoms with van der Waals surface area (Å²) in [6.07, 6.45) is 0.925. The second-order valence-electron chi connectivity index (χ2n) is 4.46. The Labute approximate surface area is 96.0 Å². The zero-order chi connectivity index (χ0) is 11.7. The number of hydrogen-bond donors (Lipinski definition) is 0. The molecular weight excluding hydrogens is 202 g/mol. The molecule has 1 saturated carbocycles. The Morgan fingerprint density at radius 1 is 1.31 bits per heavy atom. The van der Waals surface area contributed by atoms with Crippen molar-refractivity contribution in [2.45, 2.75) is 12.3 Å². The fraction of sp³-hybridized carbons (Fsp3) is 0.462. The number of hydrogen-bond acceptors (Lipinski definition) is 3. The molecule has 86 valence electrons. The van der Waals surface area contributed by atoms with Gasteiger partial charge in [0.15, 0.2) is 0 Å². The summed E-state index contributed by atoms with van der Waals surface area (Å²) in [4.78, 5) is 13.4. The zero-order valence-corrected chi connectivity index (χ0v) is 9.93. The average molecular weight is 219 g/mol. The van der Waals surface area contributed by atoms with Gasteiger partial charge in [0.1, 0.15) is 0 Å². The number of benzene rings is 1. The van der Waals surface area contributed by atoms with Crippen LogP contribution in [0.3, 0.4) is 0 Å². The van der Waals surface area contributed by atoms with Crippen LogP contribution in [0.5, 0.6) is 0 Å². The van der Waals surface area contributed by atoms with Crippen LogP contribution in [0.2, 0.25) is 0 Å². The summed E-state index contributed by atoms with van der Waals surface area (Å²) in [7, 11) is 5.49. The molecule has 2 rings (SSSR count). The normalized spacial score (nSPS) is 22.7. The molecule has 0 spiro atoms. The number of methoxy groups -OCH3 is 1. The van der Waals surface area contributed by atoms with E-state index in [9.17, 15) is 4.79 Å². The van der Waals surface area contributed by atoms with Gasteiger partial charge in [-0.25, -0.2) is 0 Å². The number of ether oxygens (including phenoxy) is 1. The molecule has 0 aromatic heterocycles. The molecule has 0 heterocycles. The minimum absolute atomic E-state index is 0.0789. The topological polar surface area (TPSA) is 29.5 Å². The van der Waals surface area contributed by atoms with Crippen molar-refractivity contribution in [3.8, 4) is 0 Å². The summed E-state index contributed by atoms with van der Waals surface area (Å²) in [5.74, 6) is 0.362. The number of nitrogens with zero attached hydrogens (tertiary/aromatic N) is 1. The predicted molar refractivity (Wildman–Crippen MR) is 63.6 cm³/mol. The number of carbonyl (C=O) groups is 1. The largest absolute Gasteiger partial charge is 0.469 e. The summed E-state index contributed by atoms with van der Waals surface area (Å²) < 4.78 is 4.74. The Bertz CT molecular complexity index is 383. The molecule has 1 fully saturated rings. The highest BCUT2D eigenvalue weighted by molar-refractivity contribution is 5.77. The molecule has 0 radical (unpaired) electrons. The van der Waals surface area contributed by atoms with E-state index in [0.29, 0.717) is 5.92 Å². The van der Waals surface area contributed by atoms with Gasteiger partial charge in [0.05, 0.1) is 13.0 Å². The van der Waals surface area contributed by atoms with Gasteiger partial charge in [0.25, 0.3) is 0 Å². The molecule has 0 bridgehead atoms. The highest BCUT2D eigenvalue weighted by Gasteiger charge is 2.44. The first kappa shape index (κ1) is 11.0. The van der Waals surface area contributed by atoms with Gasteiger partial charge in [-0.2, -0.15) is 0 Å². The molecule has 1 aromatic rings. The van der Waals surface area contributed by atoms with Crippen LogP contribution in [-0.4, -0.2) is 27.2 Å². The van der Waals surface area contributed by atoms with Gasteiger partial charge in [0.2, 0.25) is 0 Å². The highest BCUT2D eigenvalue weighted by atomic mass is 16.5. The molecule has 0 amide bonds. The van der Waals surface area contributed by atoms with Crippen LogP contribution in [0.25, 0.3) is 0 Å². The molecule has 0 aliphatic heterocycles. The summed E-state index contributed by atoms with van der Waals surface area (Å²) in [5, 5.41) is 0. The Morgan fingerprint density at radius 2 is 1.94 bits per heavy atom. The fourth-order valence-electron chi connectivity index (χ4n) is 1.99. The van der Waals surface area contributed by atoms with Crippen LogP contribution >= 0.6 is 0 Å². The van der Waals surface area contributed by atoms with Crippen LogP contribution in [0.1, 0.15) is 17.9 Å². The molecule has 16 heavy (non-hydrogen) atoms. The van der Waals surface area contributed by atoms with Gasteiger partial charge in [-0.15, -0.1) is 0 Å². The smallest absolute Gasteiger partial charge is 0.309 e. The van der Waals surface area contributed by atoms with E-state index in [1.54, 1.807) is 0 Å². The lowest BCUT2D eigenvalue weighted by Gasteiger charge is -2.12. The molecule has 0 unspecified atom stereocenters. The standard InChI is InChI=1S/C13H17NO2/c1-14(2)10-6-4-9(5-7-10)11-8-12(11)13(15)16-3/h4-7,11-12H,8H2,1-3H3/t11-,12+/m0/s1. The Hall–Kier alpha value is -1.51. The van der Waals surface area contributed by atoms with Crippen molar-refractivity contribution in [1.82, 2.24) is 0 Å². The van der Waals surface area contributed by atoms with E-state index in [4.69, 9.17) is 4.74 Å². The number of esters is 1. The quantitative estimate of drug-likeness (QED) is 0.728. The number of rotatable bonds is 3. The van der Waals surface area contributed by atoms with Crippen molar-refractivity contribution in [3.63, 3.8) is 0 Å². The molecule has 0 saturated heterocycles. The SMILES string of the molecule is COC(=O)[C@@H]1C[C@H]1c1ccc(N(C)C)cc1. The predicted octanol–water partition coefficient (Wildman–Crippen LogP) is 2.03. The van der Waals surface area contributed by atoms with Crippen molar-refractivity contribution in [3.05, 3.63) is 29.8 Å². The molecule has 1 aromatic carbocycles. The molecule has 1 aliphatic rings. The van der Waals surface area contributed by atoms with Crippen molar-refractivity contribution < 1.29 is 9.53 Å². The minimum atomic E-state index is -0.0818. The van der Waals surface area contributed by atoms with Crippen LogP contribution in [0, 0.1) is 5.92 Å². The lowest BCUT2D eigenvalue weighted by molar-refractivity contribution is -0.142. The molecule has 1 aliphatic carbocycles. The maximum atomic E-state index is 11.3. The molecule has 0 N–H and O–H groups in total. The van der Waals surface area contributed by atoms with Gasteiger partial charge in [-0.1, -0.05) is 12.1 Å². The molecule has 3 heteroatoms. The van der Waals surface area contributed by atoms with E-state index in [0.717, 1.165) is 6.42 Å². The first-order valence-electron chi connectivity index (χ1n) is 5.48. The van der Waals surface area contributed by atoms with Gasteiger partial charge in [-0.3, -0.25) is 4.79 Å². The monoisotopic (exact) mass is 219 g/mol. The summed E-state index contributed by atoms with van der Waals surface area (Å²) >= 11 is 0. The Balaban J connectivity index is 2.05. The van der Waals surface area contributed by atoms with Gasteiger partial charge >= 0.3 is 5.97 Å². The molecule has 2 atom stereocenters. The van der Waals surface area contributed by atoms with Crippen LogP contribution in [0.4, 0.5) is 5.69 Å². The van der Waals surface area contributed by atoms with E-state index >= 15 is 0 Å². The zero-order valence-electron chi connectivity index (χ0n) is 9.93. The van der Waals surface area contributed by atoms with Crippen molar-refractivity contribution in [2.24, 2.45) is 5.92 Å². The van der Waals surface area contributed by atoms with E-state index in [1.807, 2.05) is 14.1 Å². The van der Waals surface area contributed by atoms with Crippen molar-refractivity contribution in [1.29, 1.82) is 0 Å². The van der Waals surface area contributed by atoms with E-state index < -0.39 is 0 Å². The molecule has 3 nitrogen and oxygen atoms in total. The lowest BCUT2D eigenvalue weighted by atomic mass is 10.1. The summed E-state index contributed by atoms with van der Waals surface area (Å²) in [6, 6.07) is 8.37. The van der Waals surface area contributed by atoms with E-state index in [1.165, 1.54) is 18.4 Å². The summed E-state index contributed by atoms with van der Waals surface area (Å²) in [5.41, 5.74) is 2.42. The maximum absolute atomic E-state index is 11.3. The van der Waals surface area contributed by atoms with Crippen LogP contribution < -0.4 is 4.90 Å². The average Bonchev–Trinajstić information content (AvgIpc) is 3.08. The maximum Gasteiger partial charge on any atom is 0.309 e. The first-order chi connectivity index (χ1) is 7.63. The fourth-order valence-corrected chi connectivity index (χ4v) is 1.99. The van der Waals surface area contributed by atoms with Crippen molar-refractivity contribution >= 4 is 11.7 Å². The Kier molecular flexibility index (Phi) is 2.86. The lowest BCUT2D eigenvalue weighted by Crippen LogP contribution is -2.08. The third kappa shape index (κ3) is 2.03. The first-order valence-corrected chi connectivity index (χ1v) is 5.48. The molecular formula is C13H17NO2. The minimum Gasteiger partial charge on any atom is -0.469 e. The van der Waals surface area contributed by atoms with E-state index in [-0.39, 0.29) is 11.9 Å². The van der Waals surface area contributed by atoms with Crippen LogP contribution in [0.15, 0.2) is 24.3 Å². The van der Waals surface area contributed by atoms with Gasteiger partial charge in [-0.05, 0) is 30.0 Å². The number of anilines is 1. The number of carbonyl (C=O) groups excluding carboxylic acids is 1. The Morgan fingerprint density at radius 3 is 2.44 bits per heavy atom. The van der Waals surface area contributed by atoms with E-state index in [2.05, 4.69) is 29.2 Å². The van der Waals surface area contributed by atoms with Gasteiger partial charge in [0, 0.05) is 19.8 Å². The highest BCUT2D eigenvalue weighted by Crippen LogP contribution is 2.48. The summed E-state index contributed by atoms with van der Waals surface area (Å²) in [6.45, 7) is 0. The van der Waals surface area contributed by atoms with Crippen LogP contribution in [-0.2, 0) is 9.53 Å². The second kappa shape index (κ2) is 4.16. The third-order valence-corrected chi connectivity index (χ3v) is 3.13. The second-order valence-corrected chi connectivity index (χ2v) is 4.46. The van der Waals surface area contributed by atoms with Crippen molar-refractivity contribution in [2.75, 3.05) is 26.1 Å².